The van der Waals surface area contributed by atoms with Crippen LogP contribution in [-0.2, 0) is 0 Å². The predicted octanol–water partition coefficient (Wildman–Crippen LogP) is 3.97. The second-order valence-corrected chi connectivity index (χ2v) is 5.41. The fourth-order valence-electron chi connectivity index (χ4n) is 2.18. The van der Waals surface area contributed by atoms with Crippen LogP contribution < -0.4 is 5.32 Å². The molecule has 0 aromatic carbocycles. The van der Waals surface area contributed by atoms with E-state index in [1.807, 2.05) is 0 Å². The van der Waals surface area contributed by atoms with Crippen molar-refractivity contribution in [3.8, 4) is 0 Å². The van der Waals surface area contributed by atoms with E-state index in [-0.39, 0.29) is 5.69 Å². The van der Waals surface area contributed by atoms with Crippen molar-refractivity contribution in [3.05, 3.63) is 38.0 Å². The monoisotopic (exact) mass is 325 g/mol. The zero-order chi connectivity index (χ0) is 13.8. The average molecular weight is 326 g/mol. The molecule has 1 aliphatic rings. The van der Waals surface area contributed by atoms with Crippen LogP contribution in [0.15, 0.2) is 22.3 Å². The number of nitrogens with one attached hydrogen (secondary N) is 1. The van der Waals surface area contributed by atoms with Crippen LogP contribution in [0.4, 0.5) is 11.5 Å². The van der Waals surface area contributed by atoms with Crippen LogP contribution in [0.2, 0.25) is 0 Å². The molecule has 0 fully saturated rings. The summed E-state index contributed by atoms with van der Waals surface area (Å²) in [4.78, 5) is 14.5. The Labute approximate surface area is 120 Å². The van der Waals surface area contributed by atoms with Gasteiger partial charge in [0, 0.05) is 12.1 Å². The highest BCUT2D eigenvalue weighted by Gasteiger charge is 2.16. The van der Waals surface area contributed by atoms with E-state index in [4.69, 9.17) is 0 Å². The fourth-order valence-corrected chi connectivity index (χ4v) is 2.63. The van der Waals surface area contributed by atoms with Crippen LogP contribution in [0, 0.1) is 17.0 Å². The summed E-state index contributed by atoms with van der Waals surface area (Å²) in [6.07, 6.45) is 8.24. The third-order valence-electron chi connectivity index (χ3n) is 3.31. The zero-order valence-corrected chi connectivity index (χ0v) is 12.4. The summed E-state index contributed by atoms with van der Waals surface area (Å²) in [6.45, 7) is 2.52. The Hall–Kier alpha value is -1.43. The van der Waals surface area contributed by atoms with Crippen molar-refractivity contribution in [1.82, 2.24) is 4.98 Å². The predicted molar refractivity (Wildman–Crippen MR) is 78.4 cm³/mol. The summed E-state index contributed by atoms with van der Waals surface area (Å²) < 4.78 is 0.669. The molecule has 0 unspecified atom stereocenters. The molecule has 2 rings (SSSR count). The van der Waals surface area contributed by atoms with Gasteiger partial charge >= 0.3 is 0 Å². The number of rotatable bonds is 5. The number of allylic oxidation sites excluding steroid dienone is 1. The Kier molecular flexibility index (Phi) is 4.52. The third-order valence-corrected chi connectivity index (χ3v) is 4.28. The van der Waals surface area contributed by atoms with Gasteiger partial charge in [-0.15, -0.1) is 0 Å². The normalized spacial score (nSPS) is 14.3. The SMILES string of the molecule is Cc1c([N+](=O)[O-])cnc(NCCC2=CCCC2)c1Br. The minimum absolute atomic E-state index is 0.0379. The number of anilines is 1. The van der Waals surface area contributed by atoms with Crippen molar-refractivity contribution >= 4 is 27.4 Å². The van der Waals surface area contributed by atoms with Gasteiger partial charge in [-0.3, -0.25) is 10.1 Å². The molecule has 5 nitrogen and oxygen atoms in total. The maximum absolute atomic E-state index is 10.8. The topological polar surface area (TPSA) is 68.1 Å². The van der Waals surface area contributed by atoms with E-state index in [1.54, 1.807) is 6.92 Å². The summed E-state index contributed by atoms with van der Waals surface area (Å²) in [5, 5.41) is 14.0. The zero-order valence-electron chi connectivity index (χ0n) is 10.8. The molecule has 0 spiro atoms. The van der Waals surface area contributed by atoms with Crippen LogP contribution in [0.5, 0.6) is 0 Å². The Morgan fingerprint density at radius 3 is 3.00 bits per heavy atom. The van der Waals surface area contributed by atoms with Crippen LogP contribution in [0.1, 0.15) is 31.2 Å². The molecule has 19 heavy (non-hydrogen) atoms. The van der Waals surface area contributed by atoms with Gasteiger partial charge in [-0.2, -0.15) is 0 Å². The highest BCUT2D eigenvalue weighted by Crippen LogP contribution is 2.30. The van der Waals surface area contributed by atoms with Crippen molar-refractivity contribution in [2.75, 3.05) is 11.9 Å². The van der Waals surface area contributed by atoms with E-state index in [0.717, 1.165) is 13.0 Å². The standard InChI is InChI=1S/C13H16BrN3O2/c1-9-11(17(18)19)8-16-13(12(9)14)15-7-6-10-4-2-3-5-10/h4,8H,2-3,5-7H2,1H3,(H,15,16). The number of nitrogens with zero attached hydrogens (tertiary/aromatic N) is 2. The first-order valence-electron chi connectivity index (χ1n) is 6.31. The van der Waals surface area contributed by atoms with Crippen molar-refractivity contribution < 1.29 is 4.92 Å². The molecule has 1 aromatic heterocycles. The minimum Gasteiger partial charge on any atom is -0.369 e. The quantitative estimate of drug-likeness (QED) is 0.505. The second-order valence-electron chi connectivity index (χ2n) is 4.62. The number of pyridine rings is 1. The van der Waals surface area contributed by atoms with Crippen molar-refractivity contribution in [2.24, 2.45) is 0 Å². The van der Waals surface area contributed by atoms with Crippen LogP contribution in [-0.4, -0.2) is 16.5 Å². The van der Waals surface area contributed by atoms with E-state index in [2.05, 4.69) is 32.3 Å². The summed E-state index contributed by atoms with van der Waals surface area (Å²) in [5.41, 5.74) is 2.13. The molecule has 6 heteroatoms. The van der Waals surface area contributed by atoms with Gasteiger partial charge in [0.2, 0.25) is 0 Å². The van der Waals surface area contributed by atoms with E-state index in [9.17, 15) is 10.1 Å². The highest BCUT2D eigenvalue weighted by molar-refractivity contribution is 9.10. The van der Waals surface area contributed by atoms with Crippen molar-refractivity contribution in [3.63, 3.8) is 0 Å². The molecule has 1 aliphatic carbocycles. The van der Waals surface area contributed by atoms with Gasteiger partial charge in [0.15, 0.2) is 0 Å². The Balaban J connectivity index is 2.00. The first-order valence-corrected chi connectivity index (χ1v) is 7.10. The molecule has 0 atom stereocenters. The molecule has 0 saturated carbocycles. The van der Waals surface area contributed by atoms with Crippen molar-refractivity contribution in [2.45, 2.75) is 32.6 Å². The molecular weight excluding hydrogens is 310 g/mol. The largest absolute Gasteiger partial charge is 0.369 e. The van der Waals surface area contributed by atoms with Gasteiger partial charge in [0.25, 0.3) is 5.69 Å². The van der Waals surface area contributed by atoms with E-state index < -0.39 is 4.92 Å². The van der Waals surface area contributed by atoms with Crippen molar-refractivity contribution in [1.29, 1.82) is 0 Å². The minimum atomic E-state index is -0.416. The smallest absolute Gasteiger partial charge is 0.291 e. The maximum atomic E-state index is 10.8. The fraction of sp³-hybridized carbons (Fsp3) is 0.462. The van der Waals surface area contributed by atoms with Gasteiger partial charge in [0.05, 0.1) is 9.40 Å². The van der Waals surface area contributed by atoms with Crippen LogP contribution in [0.25, 0.3) is 0 Å². The van der Waals surface area contributed by atoms with Gasteiger partial charge in [-0.25, -0.2) is 4.98 Å². The van der Waals surface area contributed by atoms with Gasteiger partial charge < -0.3 is 5.32 Å². The molecule has 1 N–H and O–H groups in total. The lowest BCUT2D eigenvalue weighted by molar-refractivity contribution is -0.385. The molecule has 1 aromatic rings. The highest BCUT2D eigenvalue weighted by atomic mass is 79.9. The summed E-state index contributed by atoms with van der Waals surface area (Å²) >= 11 is 3.37. The van der Waals surface area contributed by atoms with Gasteiger partial charge in [-0.05, 0) is 48.5 Å². The summed E-state index contributed by atoms with van der Waals surface area (Å²) in [7, 11) is 0. The lowest BCUT2D eigenvalue weighted by Gasteiger charge is -2.09. The Morgan fingerprint density at radius 2 is 2.37 bits per heavy atom. The molecule has 0 radical (unpaired) electrons. The van der Waals surface area contributed by atoms with Gasteiger partial charge in [0.1, 0.15) is 12.0 Å². The van der Waals surface area contributed by atoms with E-state index in [0.29, 0.717) is 15.9 Å². The first-order chi connectivity index (χ1) is 9.09. The molecule has 102 valence electrons. The third kappa shape index (κ3) is 3.32. The second kappa shape index (κ2) is 6.14. The lowest BCUT2D eigenvalue weighted by Crippen LogP contribution is -2.06. The maximum Gasteiger partial charge on any atom is 0.291 e. The number of nitro groups is 1. The van der Waals surface area contributed by atoms with E-state index in [1.165, 1.54) is 31.0 Å². The summed E-state index contributed by atoms with van der Waals surface area (Å²) in [5.74, 6) is 0.668. The summed E-state index contributed by atoms with van der Waals surface area (Å²) in [6, 6.07) is 0. The first kappa shape index (κ1) is 14.0. The van der Waals surface area contributed by atoms with Crippen LogP contribution >= 0.6 is 15.9 Å². The number of hydrogen-bond donors (Lipinski definition) is 1. The molecule has 0 bridgehead atoms. The molecule has 1 heterocycles. The number of aromatic nitrogens is 1. The number of halogens is 1. The Morgan fingerprint density at radius 1 is 1.58 bits per heavy atom. The lowest BCUT2D eigenvalue weighted by atomic mass is 10.1. The molecule has 0 saturated heterocycles. The average Bonchev–Trinajstić information content (AvgIpc) is 2.87. The molecular formula is C13H16BrN3O2. The van der Waals surface area contributed by atoms with E-state index >= 15 is 0 Å². The van der Waals surface area contributed by atoms with Crippen LogP contribution in [0.3, 0.4) is 0 Å². The van der Waals surface area contributed by atoms with Gasteiger partial charge in [-0.1, -0.05) is 11.6 Å². The molecule has 0 amide bonds. The number of hydrogen-bond acceptors (Lipinski definition) is 4. The Bertz CT molecular complexity index is 529. The molecule has 0 aliphatic heterocycles.